The summed E-state index contributed by atoms with van der Waals surface area (Å²) in [6.45, 7) is 0. The second kappa shape index (κ2) is 5.45. The number of halogens is 1. The first-order valence-corrected chi connectivity index (χ1v) is 3.44. The third-order valence-corrected chi connectivity index (χ3v) is 1.42. The minimum Gasteiger partial charge on any atom is -0.480 e. The Morgan fingerprint density at radius 1 is 1.62 bits per heavy atom. The molecule has 0 radical (unpaired) electrons. The van der Waals surface area contributed by atoms with E-state index in [9.17, 15) is 4.79 Å². The Labute approximate surface area is 81.4 Å². The van der Waals surface area contributed by atoms with Gasteiger partial charge in [-0.2, -0.15) is 10.2 Å². The molecule has 0 fully saturated rings. The Morgan fingerprint density at radius 3 is 2.77 bits per heavy atom. The highest BCUT2D eigenvalue weighted by atomic mass is 35.5. The number of carboxylic acids is 1. The van der Waals surface area contributed by atoms with E-state index in [1.54, 1.807) is 6.07 Å². The highest BCUT2D eigenvalue weighted by Crippen LogP contribution is 1.97. The lowest BCUT2D eigenvalue weighted by molar-refractivity contribution is -0.138. The molecule has 1 rings (SSSR count). The molecule has 0 saturated carbocycles. The number of carbonyl (C=O) groups is 1. The van der Waals surface area contributed by atoms with E-state index in [-0.39, 0.29) is 18.8 Å². The third-order valence-electron chi connectivity index (χ3n) is 1.42. The zero-order valence-corrected chi connectivity index (χ0v) is 7.57. The summed E-state index contributed by atoms with van der Waals surface area (Å²) in [6, 6.07) is 0.824. The molecule has 13 heavy (non-hydrogen) atoms. The van der Waals surface area contributed by atoms with Gasteiger partial charge in [0.2, 0.25) is 0 Å². The van der Waals surface area contributed by atoms with Gasteiger partial charge < -0.3 is 10.8 Å². The summed E-state index contributed by atoms with van der Waals surface area (Å²) in [5.74, 6) is -1.01. The summed E-state index contributed by atoms with van der Waals surface area (Å²) in [7, 11) is 0. The van der Waals surface area contributed by atoms with Gasteiger partial charge in [0, 0.05) is 6.20 Å². The van der Waals surface area contributed by atoms with Crippen molar-refractivity contribution in [2.75, 3.05) is 0 Å². The summed E-state index contributed by atoms with van der Waals surface area (Å²) in [4.78, 5) is 10.3. The number of aliphatic carboxylic acids is 1. The first-order valence-electron chi connectivity index (χ1n) is 3.44. The lowest BCUT2D eigenvalue weighted by Crippen LogP contribution is -2.32. The molecule has 0 aromatic carbocycles. The Bertz CT molecular complexity index is 268. The van der Waals surface area contributed by atoms with Gasteiger partial charge in [0.15, 0.2) is 0 Å². The quantitative estimate of drug-likeness (QED) is 0.714. The average molecular weight is 204 g/mol. The number of nitrogens with two attached hydrogens (primary N) is 1. The predicted octanol–water partition coefficient (Wildman–Crippen LogP) is -0.147. The normalized spacial score (nSPS) is 11.5. The summed E-state index contributed by atoms with van der Waals surface area (Å²) < 4.78 is 0. The number of aromatic nitrogens is 2. The maximum atomic E-state index is 10.3. The van der Waals surface area contributed by atoms with E-state index >= 15 is 0 Å². The molecule has 3 N–H and O–H groups in total. The van der Waals surface area contributed by atoms with Gasteiger partial charge in [0.05, 0.1) is 6.20 Å². The largest absolute Gasteiger partial charge is 0.480 e. The number of hydrogen-bond donors (Lipinski definition) is 2. The van der Waals surface area contributed by atoms with E-state index in [0.717, 1.165) is 5.56 Å². The van der Waals surface area contributed by atoms with Crippen molar-refractivity contribution in [2.45, 2.75) is 12.5 Å². The van der Waals surface area contributed by atoms with Gasteiger partial charge in [0.25, 0.3) is 0 Å². The molecule has 0 spiro atoms. The van der Waals surface area contributed by atoms with Crippen molar-refractivity contribution in [1.82, 2.24) is 10.2 Å². The standard InChI is InChI=1S/C7H9N3O2.ClH/c8-6(7(11)12)3-5-1-2-9-10-4-5;/h1-2,4,6H,3,8H2,(H,11,12);1H. The number of rotatable bonds is 3. The molecule has 1 unspecified atom stereocenters. The van der Waals surface area contributed by atoms with E-state index < -0.39 is 12.0 Å². The molecule has 0 saturated heterocycles. The Kier molecular flexibility index (Phi) is 4.94. The lowest BCUT2D eigenvalue weighted by Gasteiger charge is -2.04. The minimum absolute atomic E-state index is 0. The van der Waals surface area contributed by atoms with Crippen molar-refractivity contribution in [3.05, 3.63) is 24.0 Å². The van der Waals surface area contributed by atoms with E-state index in [1.165, 1.54) is 12.4 Å². The fourth-order valence-electron chi connectivity index (χ4n) is 0.780. The molecular formula is C7H10ClN3O2. The highest BCUT2D eigenvalue weighted by molar-refractivity contribution is 5.85. The highest BCUT2D eigenvalue weighted by Gasteiger charge is 2.11. The Balaban J connectivity index is 0.00000144. The SMILES string of the molecule is Cl.NC(Cc1ccnnc1)C(=O)O. The first kappa shape index (κ1) is 11.8. The van der Waals surface area contributed by atoms with Crippen LogP contribution in [0.2, 0.25) is 0 Å². The summed E-state index contributed by atoms with van der Waals surface area (Å²) in [5, 5.41) is 15.6. The molecule has 1 heterocycles. The number of nitrogens with zero attached hydrogens (tertiary/aromatic N) is 2. The first-order chi connectivity index (χ1) is 5.70. The summed E-state index contributed by atoms with van der Waals surface area (Å²) >= 11 is 0. The average Bonchev–Trinajstić information content (AvgIpc) is 2.06. The van der Waals surface area contributed by atoms with Crippen molar-refractivity contribution >= 4 is 18.4 Å². The van der Waals surface area contributed by atoms with Gasteiger partial charge in [-0.05, 0) is 18.1 Å². The van der Waals surface area contributed by atoms with Crippen LogP contribution in [-0.2, 0) is 11.2 Å². The lowest BCUT2D eigenvalue weighted by atomic mass is 10.1. The second-order valence-electron chi connectivity index (χ2n) is 2.40. The van der Waals surface area contributed by atoms with Crippen LogP contribution in [0, 0.1) is 0 Å². The van der Waals surface area contributed by atoms with Gasteiger partial charge in [-0.3, -0.25) is 4.79 Å². The molecular weight excluding hydrogens is 194 g/mol. The van der Waals surface area contributed by atoms with E-state index in [1.807, 2.05) is 0 Å². The van der Waals surface area contributed by atoms with Crippen LogP contribution in [0.3, 0.4) is 0 Å². The molecule has 0 amide bonds. The van der Waals surface area contributed by atoms with Crippen molar-refractivity contribution in [2.24, 2.45) is 5.73 Å². The van der Waals surface area contributed by atoms with Crippen LogP contribution in [-0.4, -0.2) is 27.3 Å². The molecule has 6 heteroatoms. The fourth-order valence-corrected chi connectivity index (χ4v) is 0.780. The molecule has 0 aliphatic heterocycles. The maximum absolute atomic E-state index is 10.3. The number of hydrogen-bond acceptors (Lipinski definition) is 4. The molecule has 1 aromatic rings. The fraction of sp³-hybridized carbons (Fsp3) is 0.286. The topological polar surface area (TPSA) is 89.1 Å². The van der Waals surface area contributed by atoms with Crippen molar-refractivity contribution in [1.29, 1.82) is 0 Å². The van der Waals surface area contributed by atoms with E-state index in [2.05, 4.69) is 10.2 Å². The molecule has 0 bridgehead atoms. The van der Waals surface area contributed by atoms with Gasteiger partial charge in [-0.25, -0.2) is 0 Å². The van der Waals surface area contributed by atoms with Gasteiger partial charge in [-0.1, -0.05) is 0 Å². The van der Waals surface area contributed by atoms with Crippen LogP contribution in [0.1, 0.15) is 5.56 Å². The molecule has 5 nitrogen and oxygen atoms in total. The monoisotopic (exact) mass is 203 g/mol. The van der Waals surface area contributed by atoms with Crippen LogP contribution in [0.15, 0.2) is 18.5 Å². The van der Waals surface area contributed by atoms with Gasteiger partial charge in [-0.15, -0.1) is 12.4 Å². The van der Waals surface area contributed by atoms with Gasteiger partial charge >= 0.3 is 5.97 Å². The van der Waals surface area contributed by atoms with Gasteiger partial charge in [0.1, 0.15) is 6.04 Å². The van der Waals surface area contributed by atoms with Crippen LogP contribution in [0.5, 0.6) is 0 Å². The molecule has 1 aromatic heterocycles. The van der Waals surface area contributed by atoms with Crippen molar-refractivity contribution in [3.8, 4) is 0 Å². The molecule has 1 atom stereocenters. The minimum atomic E-state index is -1.01. The Hall–Kier alpha value is -1.20. The zero-order chi connectivity index (χ0) is 8.97. The molecule has 0 aliphatic rings. The smallest absolute Gasteiger partial charge is 0.320 e. The van der Waals surface area contributed by atoms with E-state index in [4.69, 9.17) is 10.8 Å². The number of carboxylic acid groups (broad SMARTS) is 1. The maximum Gasteiger partial charge on any atom is 0.320 e. The van der Waals surface area contributed by atoms with Crippen LogP contribution >= 0.6 is 12.4 Å². The van der Waals surface area contributed by atoms with Crippen LogP contribution < -0.4 is 5.73 Å². The van der Waals surface area contributed by atoms with Crippen LogP contribution in [0.4, 0.5) is 0 Å². The van der Waals surface area contributed by atoms with Crippen molar-refractivity contribution in [3.63, 3.8) is 0 Å². The predicted molar refractivity (Wildman–Crippen MR) is 48.6 cm³/mol. The third kappa shape index (κ3) is 3.82. The second-order valence-corrected chi connectivity index (χ2v) is 2.40. The summed E-state index contributed by atoms with van der Waals surface area (Å²) in [5.41, 5.74) is 6.08. The van der Waals surface area contributed by atoms with E-state index in [0.29, 0.717) is 0 Å². The molecule has 0 aliphatic carbocycles. The zero-order valence-electron chi connectivity index (χ0n) is 6.75. The summed E-state index contributed by atoms with van der Waals surface area (Å²) in [6.07, 6.45) is 3.29. The molecule has 72 valence electrons. The van der Waals surface area contributed by atoms with Crippen LogP contribution in [0.25, 0.3) is 0 Å². The van der Waals surface area contributed by atoms with Crippen molar-refractivity contribution < 1.29 is 9.90 Å². The Morgan fingerprint density at radius 2 is 2.31 bits per heavy atom.